The van der Waals surface area contributed by atoms with E-state index in [-0.39, 0.29) is 37.1 Å². The van der Waals surface area contributed by atoms with Crippen LogP contribution in [-0.4, -0.2) is 0 Å². The monoisotopic (exact) mass is 582 g/mol. The quantitative estimate of drug-likeness (QED) is 0.240. The minimum absolute atomic E-state index is 0. The van der Waals surface area contributed by atoms with Gasteiger partial charge in [0.25, 0.3) is 0 Å². The van der Waals surface area contributed by atoms with Crippen LogP contribution < -0.4 is 36.9 Å². The SMILES string of the molecule is [O]=[Ti]([O-])[O-].[O]=[Ti]([O-])[O-].[O]=[Ti]([O-])[O-].[O]=[Ti]([O-])[O-].[O]=[Ti]([O-])[O-].[V].[V]. The summed E-state index contributed by atoms with van der Waals surface area (Å²) in [5.41, 5.74) is 0. The van der Waals surface area contributed by atoms with Crippen LogP contribution in [0.3, 0.4) is 0 Å². The molecular formula is O15Ti5V2-10. The fraction of sp³-hybridized carbons (Fsp3) is 0. The van der Waals surface area contributed by atoms with Crippen molar-refractivity contribution in [3.63, 3.8) is 0 Å². The molecule has 0 unspecified atom stereocenters. The predicted octanol–water partition coefficient (Wildman–Crippen LogP) is -12.5. The van der Waals surface area contributed by atoms with E-state index in [1.54, 1.807) is 0 Å². The molecule has 130 valence electrons. The van der Waals surface area contributed by atoms with Gasteiger partial charge in [-0.05, 0) is 0 Å². The standard InChI is InChI=1S/15O.5Ti.2V/q;;;;;10*-1;;;;;;;. The first kappa shape index (κ1) is 44.6. The molecule has 0 aromatic heterocycles. The average Bonchev–Trinajstić information content (AvgIpc) is 1.94. The van der Waals surface area contributed by atoms with Gasteiger partial charge < -0.3 is 0 Å². The Kier molecular flexibility index (Phi) is 80.0. The van der Waals surface area contributed by atoms with Gasteiger partial charge in [-0.25, -0.2) is 0 Å². The molecule has 0 saturated carbocycles. The third kappa shape index (κ3) is 1040. The molecule has 0 amide bonds. The Morgan fingerprint density at radius 1 is 0.318 bits per heavy atom. The first-order valence-electron chi connectivity index (χ1n) is 3.06. The summed E-state index contributed by atoms with van der Waals surface area (Å²) in [5.74, 6) is 0. The van der Waals surface area contributed by atoms with E-state index in [2.05, 4.69) is 0 Å². The fourth-order valence-electron chi connectivity index (χ4n) is 0. The third-order valence-electron chi connectivity index (χ3n) is 0. The van der Waals surface area contributed by atoms with E-state index in [1.807, 2.05) is 0 Å². The Bertz CT molecular complexity index is 211. The average molecular weight is 581 g/mol. The number of hydrogen-bond acceptors (Lipinski definition) is 15. The van der Waals surface area contributed by atoms with Crippen molar-refractivity contribution in [3.05, 3.63) is 0 Å². The van der Waals surface area contributed by atoms with Crippen molar-refractivity contribution in [1.29, 1.82) is 0 Å². The van der Waals surface area contributed by atoms with Crippen LogP contribution in [-0.2, 0) is 147 Å². The van der Waals surface area contributed by atoms with Crippen molar-refractivity contribution in [1.82, 2.24) is 0 Å². The topological polar surface area (TPSA) is 316 Å². The van der Waals surface area contributed by atoms with E-state index in [4.69, 9.17) is 53.5 Å². The minimum atomic E-state index is -4.08. The van der Waals surface area contributed by atoms with Crippen LogP contribution in [0, 0.1) is 0 Å². The second-order valence-corrected chi connectivity index (χ2v) is 5.15. The normalized spacial score (nSPS) is 5.91. The molecule has 0 aliphatic rings. The predicted molar refractivity (Wildman–Crippen MR) is 3.43 cm³/mol. The molecule has 0 aromatic rings. The molecule has 0 N–H and O–H groups in total. The Labute approximate surface area is 180 Å². The summed E-state index contributed by atoms with van der Waals surface area (Å²) in [6.07, 6.45) is 0. The van der Waals surface area contributed by atoms with E-state index < -0.39 is 93.1 Å². The molecular weight excluding hydrogens is 581 g/mol. The Balaban J connectivity index is -0.0000000250. The van der Waals surface area contributed by atoms with Gasteiger partial charge in [0.1, 0.15) is 0 Å². The maximum atomic E-state index is 8.58. The van der Waals surface area contributed by atoms with Crippen molar-refractivity contribution >= 4 is 0 Å². The molecule has 0 aromatic carbocycles. The van der Waals surface area contributed by atoms with Gasteiger partial charge in [-0.15, -0.1) is 0 Å². The van der Waals surface area contributed by atoms with Crippen LogP contribution in [0.5, 0.6) is 0 Å². The summed E-state index contributed by atoms with van der Waals surface area (Å²) in [5, 5.41) is 0. The third-order valence-corrected chi connectivity index (χ3v) is 0. The molecule has 22 heteroatoms. The summed E-state index contributed by atoms with van der Waals surface area (Å²) < 4.78 is 129. The minimum Gasteiger partial charge on any atom is 0 e. The van der Waals surface area contributed by atoms with Crippen LogP contribution in [0.15, 0.2) is 0 Å². The maximum absolute atomic E-state index is 8.58. The van der Waals surface area contributed by atoms with Gasteiger partial charge in [0, 0.05) is 37.1 Å². The van der Waals surface area contributed by atoms with Crippen LogP contribution in [0.1, 0.15) is 0 Å². The van der Waals surface area contributed by atoms with Crippen LogP contribution >= 0.6 is 0 Å². The van der Waals surface area contributed by atoms with Gasteiger partial charge in [-0.1, -0.05) is 0 Å². The Morgan fingerprint density at radius 3 is 0.318 bits per heavy atom. The molecule has 0 bridgehead atoms. The molecule has 0 heterocycles. The van der Waals surface area contributed by atoms with E-state index in [1.165, 1.54) is 0 Å². The fourth-order valence-corrected chi connectivity index (χ4v) is 0. The van der Waals surface area contributed by atoms with Gasteiger partial charge in [0.15, 0.2) is 0 Å². The first-order valence-corrected chi connectivity index (χ1v) is 12.6. The molecule has 0 atom stereocenters. The van der Waals surface area contributed by atoms with E-state index in [9.17, 15) is 0 Å². The first-order chi connectivity index (χ1) is 8.66. The zero-order valence-corrected chi connectivity index (χ0v) is 20.1. The number of rotatable bonds is 0. The largest absolute Gasteiger partial charge is 0 e. The van der Waals surface area contributed by atoms with Crippen molar-refractivity contribution in [2.45, 2.75) is 0 Å². The molecule has 0 spiro atoms. The Hall–Kier alpha value is 3.34. The molecule has 0 rings (SSSR count). The maximum Gasteiger partial charge on any atom is 0 e. The molecule has 2 radical (unpaired) electrons. The van der Waals surface area contributed by atoms with Gasteiger partial charge in [0.2, 0.25) is 0 Å². The molecule has 15 nitrogen and oxygen atoms in total. The van der Waals surface area contributed by atoms with Crippen molar-refractivity contribution in [2.24, 2.45) is 0 Å². The molecule has 0 fully saturated rings. The van der Waals surface area contributed by atoms with Gasteiger partial charge in [-0.2, -0.15) is 0 Å². The second-order valence-electron chi connectivity index (χ2n) is 1.25. The van der Waals surface area contributed by atoms with Crippen LogP contribution in [0.25, 0.3) is 0 Å². The summed E-state index contributed by atoms with van der Waals surface area (Å²) in [7, 11) is 0. The molecule has 0 aliphatic heterocycles. The van der Waals surface area contributed by atoms with Crippen molar-refractivity contribution in [3.8, 4) is 0 Å². The van der Waals surface area contributed by atoms with Crippen molar-refractivity contribution in [2.75, 3.05) is 0 Å². The molecule has 0 saturated heterocycles. The summed E-state index contributed by atoms with van der Waals surface area (Å²) >= 11 is -20.4. The number of hydrogen-bond donors (Lipinski definition) is 0. The Morgan fingerprint density at radius 2 is 0.318 bits per heavy atom. The van der Waals surface area contributed by atoms with Crippen LogP contribution in [0.2, 0.25) is 0 Å². The van der Waals surface area contributed by atoms with Gasteiger partial charge in [0.05, 0.1) is 0 Å². The van der Waals surface area contributed by atoms with Crippen molar-refractivity contribution < 1.29 is 184 Å². The summed E-state index contributed by atoms with van der Waals surface area (Å²) in [6, 6.07) is 0. The van der Waals surface area contributed by atoms with Crippen LogP contribution in [0.4, 0.5) is 0 Å². The summed E-state index contributed by atoms with van der Waals surface area (Å²) in [4.78, 5) is 0. The summed E-state index contributed by atoms with van der Waals surface area (Å²) in [6.45, 7) is 0. The van der Waals surface area contributed by atoms with Gasteiger partial charge in [-0.3, -0.25) is 0 Å². The zero-order chi connectivity index (χ0) is 17.9. The smallest absolute Gasteiger partial charge is 0 e. The molecule has 0 aliphatic carbocycles. The van der Waals surface area contributed by atoms with E-state index in [0.717, 1.165) is 0 Å². The van der Waals surface area contributed by atoms with E-state index in [0.29, 0.717) is 0 Å². The zero-order valence-electron chi connectivity index (χ0n) is 9.52. The van der Waals surface area contributed by atoms with Gasteiger partial charge >= 0.3 is 147 Å². The second kappa shape index (κ2) is 39.4. The molecule has 22 heavy (non-hydrogen) atoms. The van der Waals surface area contributed by atoms with E-state index >= 15 is 0 Å².